The number of hydrogen-bond donors (Lipinski definition) is 2. The molecule has 0 saturated heterocycles. The van der Waals surface area contributed by atoms with Gasteiger partial charge in [0.1, 0.15) is 6.61 Å². The number of nitrogens with zero attached hydrogens (tertiary/aromatic N) is 2. The molecule has 5 nitrogen and oxygen atoms in total. The number of ether oxygens (including phenoxy) is 1. The molecular formula is C15H23F3N4O. The van der Waals surface area contributed by atoms with E-state index in [0.717, 1.165) is 38.2 Å². The molecule has 130 valence electrons. The maximum atomic E-state index is 12.4. The zero-order valence-electron chi connectivity index (χ0n) is 13.4. The molecule has 0 unspecified atom stereocenters. The number of rotatable bonds is 8. The van der Waals surface area contributed by atoms with Gasteiger partial charge in [0.2, 0.25) is 5.88 Å². The summed E-state index contributed by atoms with van der Waals surface area (Å²) in [5.41, 5.74) is -0.791. The molecule has 8 heteroatoms. The molecule has 1 aromatic heterocycles. The molecule has 2 N–H and O–H groups in total. The van der Waals surface area contributed by atoms with E-state index >= 15 is 0 Å². The Labute approximate surface area is 134 Å². The van der Waals surface area contributed by atoms with Gasteiger partial charge in [-0.25, -0.2) is 4.98 Å². The van der Waals surface area contributed by atoms with Gasteiger partial charge in [-0.2, -0.15) is 13.2 Å². The zero-order chi connectivity index (χ0) is 17.1. The summed E-state index contributed by atoms with van der Waals surface area (Å²) in [4.78, 5) is 8.03. The topological polar surface area (TPSA) is 58.5 Å². The van der Waals surface area contributed by atoms with Gasteiger partial charge in [-0.05, 0) is 19.4 Å². The first-order valence-corrected chi connectivity index (χ1v) is 7.65. The van der Waals surface area contributed by atoms with Gasteiger partial charge in [0.15, 0.2) is 5.96 Å². The summed E-state index contributed by atoms with van der Waals surface area (Å²) >= 11 is 0. The average Bonchev–Trinajstić information content (AvgIpc) is 2.51. The summed E-state index contributed by atoms with van der Waals surface area (Å²) in [5, 5.41) is 6.20. The van der Waals surface area contributed by atoms with Crippen molar-refractivity contribution in [3.63, 3.8) is 0 Å². The van der Waals surface area contributed by atoms with Crippen molar-refractivity contribution < 1.29 is 17.9 Å². The molecule has 0 aromatic carbocycles. The molecule has 0 atom stereocenters. The lowest BCUT2D eigenvalue weighted by Gasteiger charge is -2.12. The molecule has 0 saturated carbocycles. The van der Waals surface area contributed by atoms with Crippen LogP contribution in [0.25, 0.3) is 0 Å². The Morgan fingerprint density at radius 3 is 2.61 bits per heavy atom. The third-order valence-electron chi connectivity index (χ3n) is 2.83. The van der Waals surface area contributed by atoms with Crippen molar-refractivity contribution in [2.24, 2.45) is 4.99 Å². The van der Waals surface area contributed by atoms with Crippen molar-refractivity contribution in [2.45, 2.75) is 32.9 Å². The summed E-state index contributed by atoms with van der Waals surface area (Å²) in [6.07, 6.45) is -1.53. The summed E-state index contributed by atoms with van der Waals surface area (Å²) in [5.74, 6) is 0.859. The highest BCUT2D eigenvalue weighted by Crippen LogP contribution is 2.29. The van der Waals surface area contributed by atoms with Gasteiger partial charge < -0.3 is 15.4 Å². The van der Waals surface area contributed by atoms with Crippen LogP contribution < -0.4 is 15.4 Å². The number of nitrogens with one attached hydrogen (secondary N) is 2. The maximum Gasteiger partial charge on any atom is 0.417 e. The molecule has 23 heavy (non-hydrogen) atoms. The minimum absolute atomic E-state index is 0.160. The van der Waals surface area contributed by atoms with Crippen LogP contribution in [0.4, 0.5) is 13.2 Å². The number of pyridine rings is 1. The molecule has 0 aliphatic carbocycles. The highest BCUT2D eigenvalue weighted by Gasteiger charge is 2.30. The van der Waals surface area contributed by atoms with Crippen molar-refractivity contribution in [1.82, 2.24) is 15.6 Å². The monoisotopic (exact) mass is 332 g/mol. The molecule has 0 bridgehead atoms. The fourth-order valence-corrected chi connectivity index (χ4v) is 1.65. The van der Waals surface area contributed by atoms with Crippen molar-refractivity contribution >= 4 is 5.96 Å². The van der Waals surface area contributed by atoms with Crippen LogP contribution in [0, 0.1) is 0 Å². The van der Waals surface area contributed by atoms with E-state index in [1.807, 2.05) is 6.92 Å². The second-order valence-corrected chi connectivity index (χ2v) is 4.77. The minimum Gasteiger partial charge on any atom is -0.476 e. The average molecular weight is 332 g/mol. The molecule has 1 rings (SSSR count). The number of halogens is 3. The molecule has 1 heterocycles. The summed E-state index contributed by atoms with van der Waals surface area (Å²) in [6.45, 7) is 6.31. The van der Waals surface area contributed by atoms with Crippen molar-refractivity contribution in [3.8, 4) is 5.88 Å². The van der Waals surface area contributed by atoms with Crippen LogP contribution in [0.3, 0.4) is 0 Å². The molecule has 0 spiro atoms. The first-order valence-electron chi connectivity index (χ1n) is 7.65. The number of alkyl halides is 3. The normalized spacial score (nSPS) is 12.1. The summed E-state index contributed by atoms with van der Waals surface area (Å²) < 4.78 is 42.5. The van der Waals surface area contributed by atoms with E-state index in [4.69, 9.17) is 4.74 Å². The summed E-state index contributed by atoms with van der Waals surface area (Å²) in [6, 6.07) is 2.16. The third-order valence-corrected chi connectivity index (χ3v) is 2.83. The first-order chi connectivity index (χ1) is 11.0. The Kier molecular flexibility index (Phi) is 8.21. The number of aromatic nitrogens is 1. The summed E-state index contributed by atoms with van der Waals surface area (Å²) in [7, 11) is 0. The fourth-order valence-electron chi connectivity index (χ4n) is 1.65. The zero-order valence-corrected chi connectivity index (χ0v) is 13.4. The van der Waals surface area contributed by atoms with Gasteiger partial charge >= 0.3 is 6.18 Å². The molecule has 0 fully saturated rings. The largest absolute Gasteiger partial charge is 0.476 e. The van der Waals surface area contributed by atoms with Crippen molar-refractivity contribution in [1.29, 1.82) is 0 Å². The molecule has 0 radical (unpaired) electrons. The lowest BCUT2D eigenvalue weighted by molar-refractivity contribution is -0.137. The van der Waals surface area contributed by atoms with Gasteiger partial charge in [0, 0.05) is 25.4 Å². The standard InChI is InChI=1S/C15H23F3N4O/c1-3-5-8-20-14(19-4-2)21-9-10-23-13-7-6-12(11-22-13)15(16,17)18/h6-7,11H,3-5,8-10H2,1-2H3,(H2,19,20,21). The SMILES string of the molecule is CCCCN=C(NCC)NCCOc1ccc(C(F)(F)F)cn1. The third kappa shape index (κ3) is 7.71. The molecule has 0 aliphatic rings. The number of aliphatic imine (C=N–C) groups is 1. The van der Waals surface area contributed by atoms with Crippen LogP contribution in [0.2, 0.25) is 0 Å². The van der Waals surface area contributed by atoms with Crippen LogP contribution in [-0.2, 0) is 6.18 Å². The Morgan fingerprint density at radius 2 is 2.04 bits per heavy atom. The van der Waals surface area contributed by atoms with Crippen LogP contribution in [0.1, 0.15) is 32.3 Å². The lowest BCUT2D eigenvalue weighted by atomic mass is 10.3. The Hall–Kier alpha value is -1.99. The van der Waals surface area contributed by atoms with Crippen molar-refractivity contribution in [3.05, 3.63) is 23.9 Å². The van der Waals surface area contributed by atoms with Crippen LogP contribution in [0.15, 0.2) is 23.3 Å². The van der Waals surface area contributed by atoms with Crippen LogP contribution in [-0.4, -0.2) is 37.2 Å². The molecular weight excluding hydrogens is 309 g/mol. The van der Waals surface area contributed by atoms with E-state index in [9.17, 15) is 13.2 Å². The smallest absolute Gasteiger partial charge is 0.417 e. The van der Waals surface area contributed by atoms with E-state index in [2.05, 4.69) is 27.5 Å². The first kappa shape index (κ1) is 19.1. The number of hydrogen-bond acceptors (Lipinski definition) is 3. The second kappa shape index (κ2) is 9.91. The van der Waals surface area contributed by atoms with E-state index in [0.29, 0.717) is 12.5 Å². The van der Waals surface area contributed by atoms with E-state index in [1.54, 1.807) is 0 Å². The predicted octanol–water partition coefficient (Wildman–Crippen LogP) is 2.83. The van der Waals surface area contributed by atoms with Crippen molar-refractivity contribution in [2.75, 3.05) is 26.2 Å². The van der Waals surface area contributed by atoms with Crippen LogP contribution in [0.5, 0.6) is 5.88 Å². The maximum absolute atomic E-state index is 12.4. The lowest BCUT2D eigenvalue weighted by Crippen LogP contribution is -2.39. The second-order valence-electron chi connectivity index (χ2n) is 4.77. The predicted molar refractivity (Wildman–Crippen MR) is 83.6 cm³/mol. The van der Waals surface area contributed by atoms with E-state index in [-0.39, 0.29) is 12.5 Å². The quantitative estimate of drug-likeness (QED) is 0.437. The Bertz CT molecular complexity index is 475. The van der Waals surface area contributed by atoms with Gasteiger partial charge in [-0.3, -0.25) is 4.99 Å². The number of guanidine groups is 1. The van der Waals surface area contributed by atoms with Crippen LogP contribution >= 0.6 is 0 Å². The van der Waals surface area contributed by atoms with Gasteiger partial charge in [0.05, 0.1) is 12.1 Å². The molecule has 1 aromatic rings. The van der Waals surface area contributed by atoms with Gasteiger partial charge in [0.25, 0.3) is 0 Å². The van der Waals surface area contributed by atoms with E-state index in [1.165, 1.54) is 6.07 Å². The fraction of sp³-hybridized carbons (Fsp3) is 0.600. The Balaban J connectivity index is 2.36. The molecule has 0 aliphatic heterocycles. The number of unbranched alkanes of at least 4 members (excludes halogenated alkanes) is 1. The molecule has 0 amide bonds. The Morgan fingerprint density at radius 1 is 1.26 bits per heavy atom. The van der Waals surface area contributed by atoms with E-state index < -0.39 is 11.7 Å². The minimum atomic E-state index is -4.39. The van der Waals surface area contributed by atoms with Gasteiger partial charge in [-0.15, -0.1) is 0 Å². The highest BCUT2D eigenvalue weighted by molar-refractivity contribution is 5.79. The van der Waals surface area contributed by atoms with Gasteiger partial charge in [-0.1, -0.05) is 13.3 Å². The highest BCUT2D eigenvalue weighted by atomic mass is 19.4.